The summed E-state index contributed by atoms with van der Waals surface area (Å²) in [5.74, 6) is 0.796. The molecule has 0 aliphatic heterocycles. The summed E-state index contributed by atoms with van der Waals surface area (Å²) in [5, 5.41) is 0. The zero-order chi connectivity index (χ0) is 8.81. The van der Waals surface area contributed by atoms with Crippen molar-refractivity contribution in [2.24, 2.45) is 0 Å². The maximum Gasteiger partial charge on any atom is 1.00 e. The number of methoxy groups -OCH3 is 1. The third-order valence-electron chi connectivity index (χ3n) is 1.48. The molecule has 13 heavy (non-hydrogen) atoms. The third kappa shape index (κ3) is 4.78. The predicted octanol–water partition coefficient (Wildman–Crippen LogP) is -1.52. The van der Waals surface area contributed by atoms with Gasteiger partial charge in [0.05, 0.1) is 7.11 Å². The van der Waals surface area contributed by atoms with Crippen LogP contribution in [-0.2, 0) is 16.1 Å². The van der Waals surface area contributed by atoms with Crippen LogP contribution in [0, 0.1) is 0 Å². The van der Waals surface area contributed by atoms with E-state index in [0.29, 0.717) is 13.1 Å². The first kappa shape index (κ1) is 13.1. The summed E-state index contributed by atoms with van der Waals surface area (Å²) in [5.41, 5.74) is 0.947. The Bertz CT molecular complexity index is 251. The normalized spacial score (nSPS) is 8.38. The molecule has 1 aromatic rings. The molecule has 0 unspecified atom stereocenters. The number of hydrogen-bond donors (Lipinski definition) is 0. The number of carbonyl (C=O) groups excluding carboxylic acids is 1. The molecule has 66 valence electrons. The van der Waals surface area contributed by atoms with Gasteiger partial charge in [-0.2, -0.15) is 0 Å². The van der Waals surface area contributed by atoms with Crippen LogP contribution in [0.1, 0.15) is 6.99 Å². The Morgan fingerprint density at radius 1 is 1.38 bits per heavy atom. The van der Waals surface area contributed by atoms with Crippen LogP contribution in [-0.4, -0.2) is 13.6 Å². The number of ether oxygens (including phenoxy) is 2. The average molecular weight is 206 g/mol. The molecule has 0 aliphatic rings. The molecule has 0 amide bonds. The van der Waals surface area contributed by atoms with E-state index in [1.807, 2.05) is 24.3 Å². The van der Waals surface area contributed by atoms with Crippen LogP contribution in [0.3, 0.4) is 0 Å². The monoisotopic (exact) mass is 206 g/mol. The molecule has 0 aromatic heterocycles. The summed E-state index contributed by atoms with van der Waals surface area (Å²) in [6.07, 6.45) is 0. The maximum atomic E-state index is 9.85. The molecule has 0 spiro atoms. The van der Waals surface area contributed by atoms with E-state index in [1.165, 1.54) is 0 Å². The van der Waals surface area contributed by atoms with Crippen LogP contribution >= 0.6 is 0 Å². The zero-order valence-electron chi connectivity index (χ0n) is 8.82. The van der Waals surface area contributed by atoms with E-state index < -0.39 is 0 Å². The molecular formula is C9H11KO3. The van der Waals surface area contributed by atoms with Crippen molar-refractivity contribution in [3.05, 3.63) is 29.8 Å². The molecule has 3 nitrogen and oxygen atoms in total. The van der Waals surface area contributed by atoms with Gasteiger partial charge in [0.1, 0.15) is 12.4 Å². The summed E-state index contributed by atoms with van der Waals surface area (Å²) in [4.78, 5) is 9.85. The number of benzene rings is 1. The summed E-state index contributed by atoms with van der Waals surface area (Å²) < 4.78 is 9.53. The molecule has 0 fully saturated rings. The fourth-order valence-electron chi connectivity index (χ4n) is 0.852. The van der Waals surface area contributed by atoms with Gasteiger partial charge >= 0.3 is 51.4 Å². The van der Waals surface area contributed by atoms with Gasteiger partial charge in [0.2, 0.25) is 0 Å². The Labute approximate surface area is 121 Å². The van der Waals surface area contributed by atoms with Crippen LogP contribution < -0.4 is 56.1 Å². The van der Waals surface area contributed by atoms with Gasteiger partial charge in [-0.15, -0.1) is 0 Å². The largest absolute Gasteiger partial charge is 1.00 e. The molecule has 1 aromatic carbocycles. The molecule has 4 heteroatoms. The van der Waals surface area contributed by atoms with Gasteiger partial charge < -0.3 is 10.9 Å². The van der Waals surface area contributed by atoms with E-state index in [2.05, 4.69) is 4.74 Å². The van der Waals surface area contributed by atoms with E-state index in [-0.39, 0.29) is 52.8 Å². The molecular weight excluding hydrogens is 195 g/mol. The summed E-state index contributed by atoms with van der Waals surface area (Å²) in [6.45, 7) is 0.748. The summed E-state index contributed by atoms with van der Waals surface area (Å²) in [6, 6.07) is 7.34. The Balaban J connectivity index is 0. The molecule has 0 heterocycles. The molecule has 0 N–H and O–H groups in total. The van der Waals surface area contributed by atoms with E-state index in [4.69, 9.17) is 4.74 Å². The summed E-state index contributed by atoms with van der Waals surface area (Å²) in [7, 11) is 1.61. The summed E-state index contributed by atoms with van der Waals surface area (Å²) >= 11 is 0. The van der Waals surface area contributed by atoms with Crippen LogP contribution in [0.25, 0.3) is 0 Å². The van der Waals surface area contributed by atoms with Crippen molar-refractivity contribution >= 4 is 6.47 Å². The molecule has 0 atom stereocenters. The smallest absolute Gasteiger partial charge is 1.00 e. The Morgan fingerprint density at radius 2 is 2.00 bits per heavy atom. The van der Waals surface area contributed by atoms with Gasteiger partial charge in [0, 0.05) is 0 Å². The second-order valence-corrected chi connectivity index (χ2v) is 2.26. The first-order valence-electron chi connectivity index (χ1n) is 3.55. The molecule has 0 saturated carbocycles. The van der Waals surface area contributed by atoms with E-state index in [9.17, 15) is 4.79 Å². The molecule has 0 bridgehead atoms. The Morgan fingerprint density at radius 3 is 2.46 bits per heavy atom. The Kier molecular flexibility index (Phi) is 7.60. The number of rotatable bonds is 4. The minimum Gasteiger partial charge on any atom is -1.00 e. The predicted molar refractivity (Wildman–Crippen MR) is 45.0 cm³/mol. The van der Waals surface area contributed by atoms with E-state index in [1.54, 1.807) is 7.11 Å². The van der Waals surface area contributed by atoms with Crippen LogP contribution in [0.2, 0.25) is 0 Å². The van der Waals surface area contributed by atoms with Crippen LogP contribution in [0.5, 0.6) is 5.75 Å². The van der Waals surface area contributed by atoms with Crippen molar-refractivity contribution in [3.63, 3.8) is 0 Å². The molecule has 1 rings (SSSR count). The fraction of sp³-hybridized carbons (Fsp3) is 0.222. The van der Waals surface area contributed by atoms with Gasteiger partial charge in [-0.3, -0.25) is 4.79 Å². The standard InChI is InChI=1S/C9H10O3.K.H/c1-11-9-4-2-8(3-5-9)6-12-7-10;;/h2-5,7H,6H2,1H3;;/q;+1;-1. The van der Waals surface area contributed by atoms with Crippen molar-refractivity contribution in [1.29, 1.82) is 0 Å². The van der Waals surface area contributed by atoms with Crippen LogP contribution in [0.15, 0.2) is 24.3 Å². The fourth-order valence-corrected chi connectivity index (χ4v) is 0.852. The maximum absolute atomic E-state index is 9.85. The van der Waals surface area contributed by atoms with Crippen molar-refractivity contribution < 1.29 is 67.1 Å². The van der Waals surface area contributed by atoms with Crippen LogP contribution in [0.4, 0.5) is 0 Å². The van der Waals surface area contributed by atoms with Crippen molar-refractivity contribution in [3.8, 4) is 5.75 Å². The topological polar surface area (TPSA) is 35.5 Å². The van der Waals surface area contributed by atoms with Gasteiger partial charge in [-0.05, 0) is 17.7 Å². The quantitative estimate of drug-likeness (QED) is 0.443. The third-order valence-corrected chi connectivity index (χ3v) is 1.48. The van der Waals surface area contributed by atoms with Crippen molar-refractivity contribution in [2.45, 2.75) is 6.61 Å². The second-order valence-electron chi connectivity index (χ2n) is 2.26. The van der Waals surface area contributed by atoms with Crippen molar-refractivity contribution in [1.82, 2.24) is 0 Å². The van der Waals surface area contributed by atoms with Gasteiger partial charge in [0.25, 0.3) is 6.47 Å². The zero-order valence-corrected chi connectivity index (χ0v) is 10.9. The van der Waals surface area contributed by atoms with E-state index in [0.717, 1.165) is 11.3 Å². The van der Waals surface area contributed by atoms with Gasteiger partial charge in [-0.1, -0.05) is 12.1 Å². The second kappa shape index (κ2) is 7.52. The Hall–Kier alpha value is 0.126. The van der Waals surface area contributed by atoms with Crippen molar-refractivity contribution in [2.75, 3.05) is 7.11 Å². The first-order valence-corrected chi connectivity index (χ1v) is 3.55. The minimum absolute atomic E-state index is 0. The molecule has 0 radical (unpaired) electrons. The number of hydrogen-bond acceptors (Lipinski definition) is 3. The minimum atomic E-state index is 0. The van der Waals surface area contributed by atoms with Gasteiger partial charge in [0.15, 0.2) is 0 Å². The van der Waals surface area contributed by atoms with E-state index >= 15 is 0 Å². The van der Waals surface area contributed by atoms with Gasteiger partial charge in [-0.25, -0.2) is 0 Å². The average Bonchev–Trinajstić information content (AvgIpc) is 2.15. The first-order chi connectivity index (χ1) is 5.86. The SMILES string of the molecule is COc1ccc(COC=O)cc1.[H-].[K+]. The number of carbonyl (C=O) groups is 1. The molecule has 0 saturated heterocycles. The molecule has 0 aliphatic carbocycles.